The van der Waals surface area contributed by atoms with Crippen LogP contribution in [0.2, 0.25) is 0 Å². The van der Waals surface area contributed by atoms with Crippen molar-refractivity contribution in [2.75, 3.05) is 5.32 Å². The summed E-state index contributed by atoms with van der Waals surface area (Å²) in [7, 11) is 0. The van der Waals surface area contributed by atoms with E-state index in [9.17, 15) is 0 Å². The van der Waals surface area contributed by atoms with Gasteiger partial charge in [0, 0.05) is 23.8 Å². The third kappa shape index (κ3) is 3.74. The molecule has 1 N–H and O–H groups in total. The number of nitrogens with zero attached hydrogens (tertiary/aromatic N) is 2. The first-order chi connectivity index (χ1) is 9.22. The van der Waals surface area contributed by atoms with Crippen LogP contribution in [0.3, 0.4) is 0 Å². The van der Waals surface area contributed by atoms with Crippen LogP contribution in [0, 0.1) is 0 Å². The van der Waals surface area contributed by atoms with Gasteiger partial charge in [-0.05, 0) is 37.1 Å². The lowest BCUT2D eigenvalue weighted by atomic mass is 10.2. The van der Waals surface area contributed by atoms with Crippen molar-refractivity contribution in [1.82, 2.24) is 9.78 Å². The molecule has 0 saturated heterocycles. The van der Waals surface area contributed by atoms with E-state index in [4.69, 9.17) is 11.6 Å². The van der Waals surface area contributed by atoms with Crippen LogP contribution < -0.4 is 5.32 Å². The second-order valence-corrected chi connectivity index (χ2v) is 5.00. The molecule has 0 radical (unpaired) electrons. The molecule has 0 saturated carbocycles. The molecular formula is C15H20ClN3. The zero-order valence-corrected chi connectivity index (χ0v) is 12.2. The fourth-order valence-corrected chi connectivity index (χ4v) is 2.03. The van der Waals surface area contributed by atoms with E-state index in [2.05, 4.69) is 36.4 Å². The molecule has 2 aromatic rings. The van der Waals surface area contributed by atoms with E-state index in [1.54, 1.807) is 0 Å². The summed E-state index contributed by atoms with van der Waals surface area (Å²) in [6, 6.07) is 10.7. The van der Waals surface area contributed by atoms with Gasteiger partial charge in [-0.2, -0.15) is 5.10 Å². The monoisotopic (exact) mass is 277 g/mol. The van der Waals surface area contributed by atoms with Crippen LogP contribution in [0.5, 0.6) is 0 Å². The molecule has 0 amide bonds. The van der Waals surface area contributed by atoms with Crippen molar-refractivity contribution in [1.29, 1.82) is 0 Å². The molecular weight excluding hydrogens is 258 g/mol. The summed E-state index contributed by atoms with van der Waals surface area (Å²) in [5.74, 6) is 0.540. The highest BCUT2D eigenvalue weighted by atomic mass is 35.5. The molecule has 3 nitrogen and oxygen atoms in total. The molecule has 0 spiro atoms. The molecule has 0 bridgehead atoms. The van der Waals surface area contributed by atoms with Gasteiger partial charge >= 0.3 is 0 Å². The van der Waals surface area contributed by atoms with Crippen LogP contribution in [0.1, 0.15) is 37.6 Å². The normalized spacial score (nSPS) is 12.4. The number of hydrogen-bond acceptors (Lipinski definition) is 2. The van der Waals surface area contributed by atoms with Crippen molar-refractivity contribution in [3.8, 4) is 0 Å². The Morgan fingerprint density at radius 1 is 1.37 bits per heavy atom. The van der Waals surface area contributed by atoms with Crippen LogP contribution in [0.4, 0.5) is 5.69 Å². The predicted octanol–water partition coefficient (Wildman–Crippen LogP) is 4.21. The Morgan fingerprint density at radius 3 is 2.95 bits per heavy atom. The zero-order chi connectivity index (χ0) is 13.7. The summed E-state index contributed by atoms with van der Waals surface area (Å²) in [6.45, 7) is 5.07. The fourth-order valence-electron chi connectivity index (χ4n) is 1.86. The molecule has 19 heavy (non-hydrogen) atoms. The first-order valence-electron chi connectivity index (χ1n) is 6.65. The van der Waals surface area contributed by atoms with Crippen molar-refractivity contribution in [2.45, 2.75) is 38.7 Å². The standard InChI is InChI=1S/C15H20ClN3/c1-3-12(2)19-8-7-15(18-19)11-17-14-6-4-5-13(9-14)10-16/h4-9,12,17H,3,10-11H2,1-2H3. The number of hydrogen-bond donors (Lipinski definition) is 1. The third-order valence-electron chi connectivity index (χ3n) is 3.26. The molecule has 2 rings (SSSR count). The van der Waals surface area contributed by atoms with Crippen molar-refractivity contribution in [2.24, 2.45) is 0 Å². The summed E-state index contributed by atoms with van der Waals surface area (Å²) in [6.07, 6.45) is 3.13. The minimum absolute atomic E-state index is 0.452. The average molecular weight is 278 g/mol. The molecule has 1 atom stereocenters. The van der Waals surface area contributed by atoms with Crippen LogP contribution in [-0.4, -0.2) is 9.78 Å². The lowest BCUT2D eigenvalue weighted by Crippen LogP contribution is -2.06. The molecule has 102 valence electrons. The summed E-state index contributed by atoms with van der Waals surface area (Å²) in [5, 5.41) is 7.94. The maximum atomic E-state index is 5.83. The second-order valence-electron chi connectivity index (χ2n) is 4.73. The molecule has 4 heteroatoms. The van der Waals surface area contributed by atoms with E-state index in [0.29, 0.717) is 11.9 Å². The van der Waals surface area contributed by atoms with Gasteiger partial charge in [-0.3, -0.25) is 4.68 Å². The highest BCUT2D eigenvalue weighted by molar-refractivity contribution is 6.17. The number of aromatic nitrogens is 2. The van der Waals surface area contributed by atoms with Crippen LogP contribution in [0.25, 0.3) is 0 Å². The summed E-state index contributed by atoms with van der Waals surface area (Å²) in [5.41, 5.74) is 3.25. The molecule has 0 aliphatic heterocycles. The number of rotatable bonds is 6. The highest BCUT2D eigenvalue weighted by Gasteiger charge is 2.04. The first kappa shape index (κ1) is 13.9. The number of anilines is 1. The van der Waals surface area contributed by atoms with E-state index < -0.39 is 0 Å². The topological polar surface area (TPSA) is 29.9 Å². The smallest absolute Gasteiger partial charge is 0.0815 e. The first-order valence-corrected chi connectivity index (χ1v) is 7.19. The third-order valence-corrected chi connectivity index (χ3v) is 3.57. The quantitative estimate of drug-likeness (QED) is 0.802. The Balaban J connectivity index is 1.96. The van der Waals surface area contributed by atoms with Gasteiger partial charge in [-0.25, -0.2) is 0 Å². The van der Waals surface area contributed by atoms with Crippen molar-refractivity contribution in [3.05, 3.63) is 47.8 Å². The Hall–Kier alpha value is -1.48. The van der Waals surface area contributed by atoms with Gasteiger partial charge in [0.05, 0.1) is 12.2 Å². The van der Waals surface area contributed by atoms with E-state index in [-0.39, 0.29) is 0 Å². The number of halogens is 1. The number of nitrogens with one attached hydrogen (secondary N) is 1. The minimum Gasteiger partial charge on any atom is -0.379 e. The van der Waals surface area contributed by atoms with E-state index in [1.165, 1.54) is 0 Å². The predicted molar refractivity (Wildman–Crippen MR) is 80.6 cm³/mol. The van der Waals surface area contributed by atoms with Crippen LogP contribution in [-0.2, 0) is 12.4 Å². The lowest BCUT2D eigenvalue weighted by Gasteiger charge is -2.09. The SMILES string of the molecule is CCC(C)n1ccc(CNc2cccc(CCl)c2)n1. The number of alkyl halides is 1. The van der Waals surface area contributed by atoms with E-state index in [0.717, 1.165) is 29.9 Å². The molecule has 1 aromatic heterocycles. The molecule has 0 aliphatic carbocycles. The second kappa shape index (κ2) is 6.62. The fraction of sp³-hybridized carbons (Fsp3) is 0.400. The lowest BCUT2D eigenvalue weighted by molar-refractivity contribution is 0.474. The summed E-state index contributed by atoms with van der Waals surface area (Å²) >= 11 is 5.83. The summed E-state index contributed by atoms with van der Waals surface area (Å²) < 4.78 is 2.02. The number of benzene rings is 1. The van der Waals surface area contributed by atoms with Gasteiger partial charge in [0.2, 0.25) is 0 Å². The minimum atomic E-state index is 0.452. The zero-order valence-electron chi connectivity index (χ0n) is 11.4. The van der Waals surface area contributed by atoms with Crippen molar-refractivity contribution >= 4 is 17.3 Å². The maximum absolute atomic E-state index is 5.83. The van der Waals surface area contributed by atoms with Crippen LogP contribution >= 0.6 is 11.6 Å². The van der Waals surface area contributed by atoms with Crippen molar-refractivity contribution in [3.63, 3.8) is 0 Å². The maximum Gasteiger partial charge on any atom is 0.0815 e. The Bertz CT molecular complexity index is 522. The van der Waals surface area contributed by atoms with Gasteiger partial charge in [-0.1, -0.05) is 19.1 Å². The Labute approximate surface area is 119 Å². The van der Waals surface area contributed by atoms with Crippen molar-refractivity contribution < 1.29 is 0 Å². The Kier molecular flexibility index (Phi) is 4.86. The van der Waals surface area contributed by atoms with Gasteiger partial charge in [0.25, 0.3) is 0 Å². The van der Waals surface area contributed by atoms with Gasteiger partial charge in [-0.15, -0.1) is 11.6 Å². The average Bonchev–Trinajstić information content (AvgIpc) is 2.93. The largest absolute Gasteiger partial charge is 0.379 e. The highest BCUT2D eigenvalue weighted by Crippen LogP contribution is 2.14. The van der Waals surface area contributed by atoms with E-state index >= 15 is 0 Å². The molecule has 1 heterocycles. The van der Waals surface area contributed by atoms with Crippen LogP contribution in [0.15, 0.2) is 36.5 Å². The van der Waals surface area contributed by atoms with Gasteiger partial charge < -0.3 is 5.32 Å². The van der Waals surface area contributed by atoms with Gasteiger partial charge in [0.1, 0.15) is 0 Å². The molecule has 1 aromatic carbocycles. The van der Waals surface area contributed by atoms with Gasteiger partial charge in [0.15, 0.2) is 0 Å². The summed E-state index contributed by atoms with van der Waals surface area (Å²) in [4.78, 5) is 0. The molecule has 1 unspecified atom stereocenters. The van der Waals surface area contributed by atoms with E-state index in [1.807, 2.05) is 29.1 Å². The molecule has 0 aliphatic rings. The Morgan fingerprint density at radius 2 is 2.21 bits per heavy atom. The molecule has 0 fully saturated rings.